The number of hydrogen-bond acceptors (Lipinski definition) is 1. The summed E-state index contributed by atoms with van der Waals surface area (Å²) in [6.45, 7) is 2.25. The molecule has 0 fully saturated rings. The van der Waals surface area contributed by atoms with Crippen LogP contribution in [0.25, 0.3) is 0 Å². The molecule has 0 N–H and O–H groups in total. The van der Waals surface area contributed by atoms with Crippen LogP contribution < -0.4 is 0 Å². The highest BCUT2D eigenvalue weighted by Crippen LogP contribution is 2.34. The SMILES string of the molecule is CCCCCCCCC(Cl)c1ccc(Br)s1. The average molecular weight is 324 g/mol. The largest absolute Gasteiger partial charge is 0.132 e. The Morgan fingerprint density at radius 2 is 1.88 bits per heavy atom. The van der Waals surface area contributed by atoms with Crippen molar-refractivity contribution in [3.63, 3.8) is 0 Å². The first kappa shape index (κ1) is 14.5. The lowest BCUT2D eigenvalue weighted by molar-refractivity contribution is 0.586. The van der Waals surface area contributed by atoms with Crippen molar-refractivity contribution in [2.45, 2.75) is 57.2 Å². The maximum Gasteiger partial charge on any atom is 0.0701 e. The first-order valence-corrected chi connectivity index (χ1v) is 8.18. The van der Waals surface area contributed by atoms with Gasteiger partial charge in [-0.3, -0.25) is 0 Å². The molecule has 0 saturated heterocycles. The number of alkyl halides is 1. The minimum absolute atomic E-state index is 0.211. The molecule has 0 saturated carbocycles. The maximum atomic E-state index is 6.35. The highest BCUT2D eigenvalue weighted by molar-refractivity contribution is 9.11. The van der Waals surface area contributed by atoms with Gasteiger partial charge in [0.25, 0.3) is 0 Å². The summed E-state index contributed by atoms with van der Waals surface area (Å²) in [7, 11) is 0. The standard InChI is InChI=1S/C13H20BrClS/c1-2-3-4-5-6-7-8-11(15)12-9-10-13(14)16-12/h9-11H,2-8H2,1H3. The van der Waals surface area contributed by atoms with Gasteiger partial charge in [-0.2, -0.15) is 0 Å². The van der Waals surface area contributed by atoms with Crippen molar-refractivity contribution in [3.8, 4) is 0 Å². The predicted octanol–water partition coefficient (Wildman–Crippen LogP) is 6.54. The van der Waals surface area contributed by atoms with Gasteiger partial charge in [-0.25, -0.2) is 0 Å². The first-order valence-electron chi connectivity index (χ1n) is 6.13. The molecule has 0 radical (unpaired) electrons. The van der Waals surface area contributed by atoms with E-state index >= 15 is 0 Å². The molecule has 1 atom stereocenters. The molecule has 1 aromatic heterocycles. The highest BCUT2D eigenvalue weighted by Gasteiger charge is 2.09. The van der Waals surface area contributed by atoms with Crippen LogP contribution in [0.3, 0.4) is 0 Å². The van der Waals surface area contributed by atoms with Crippen LogP contribution >= 0.6 is 38.9 Å². The van der Waals surface area contributed by atoms with Crippen LogP contribution in [0.4, 0.5) is 0 Å². The van der Waals surface area contributed by atoms with E-state index in [4.69, 9.17) is 11.6 Å². The van der Waals surface area contributed by atoms with E-state index in [1.807, 2.05) is 0 Å². The molecule has 0 amide bonds. The van der Waals surface area contributed by atoms with Gasteiger partial charge in [0.05, 0.1) is 9.16 Å². The van der Waals surface area contributed by atoms with Crippen LogP contribution in [0, 0.1) is 0 Å². The van der Waals surface area contributed by atoms with E-state index in [2.05, 4.69) is 35.0 Å². The molecule has 3 heteroatoms. The normalized spacial score (nSPS) is 12.9. The molecule has 0 aromatic carbocycles. The second-order valence-electron chi connectivity index (χ2n) is 4.17. The van der Waals surface area contributed by atoms with Gasteiger partial charge in [0.15, 0.2) is 0 Å². The zero-order valence-electron chi connectivity index (χ0n) is 9.85. The van der Waals surface area contributed by atoms with Crippen LogP contribution in [-0.4, -0.2) is 0 Å². The second kappa shape index (κ2) is 8.54. The minimum Gasteiger partial charge on any atom is -0.132 e. The van der Waals surface area contributed by atoms with Crippen molar-refractivity contribution in [2.75, 3.05) is 0 Å². The van der Waals surface area contributed by atoms with E-state index in [0.29, 0.717) is 0 Å². The molecular weight excluding hydrogens is 304 g/mol. The lowest BCUT2D eigenvalue weighted by Gasteiger charge is -2.06. The topological polar surface area (TPSA) is 0 Å². The van der Waals surface area contributed by atoms with Gasteiger partial charge in [-0.1, -0.05) is 45.4 Å². The molecule has 0 aliphatic carbocycles. The van der Waals surface area contributed by atoms with Gasteiger partial charge in [-0.15, -0.1) is 22.9 Å². The zero-order valence-corrected chi connectivity index (χ0v) is 13.0. The molecule has 1 unspecified atom stereocenters. The Hall–Kier alpha value is 0.470. The van der Waals surface area contributed by atoms with Crippen molar-refractivity contribution in [2.24, 2.45) is 0 Å². The summed E-state index contributed by atoms with van der Waals surface area (Å²) in [5.74, 6) is 0. The van der Waals surface area contributed by atoms with Crippen molar-refractivity contribution in [1.29, 1.82) is 0 Å². The Morgan fingerprint density at radius 1 is 1.19 bits per heavy atom. The van der Waals surface area contributed by atoms with Crippen LogP contribution in [0.1, 0.15) is 62.1 Å². The van der Waals surface area contributed by atoms with Crippen molar-refractivity contribution in [3.05, 3.63) is 20.8 Å². The van der Waals surface area contributed by atoms with E-state index in [9.17, 15) is 0 Å². The summed E-state index contributed by atoms with van der Waals surface area (Å²) < 4.78 is 1.18. The summed E-state index contributed by atoms with van der Waals surface area (Å²) in [5, 5.41) is 0.211. The van der Waals surface area contributed by atoms with E-state index in [1.54, 1.807) is 11.3 Å². The zero-order chi connectivity index (χ0) is 11.8. The molecule has 1 rings (SSSR count). The molecule has 0 aliphatic rings. The minimum atomic E-state index is 0.211. The smallest absolute Gasteiger partial charge is 0.0701 e. The van der Waals surface area contributed by atoms with Gasteiger partial charge in [0.2, 0.25) is 0 Å². The van der Waals surface area contributed by atoms with Crippen molar-refractivity contribution >= 4 is 38.9 Å². The quantitative estimate of drug-likeness (QED) is 0.376. The third kappa shape index (κ3) is 5.70. The highest BCUT2D eigenvalue weighted by atomic mass is 79.9. The summed E-state index contributed by atoms with van der Waals surface area (Å²) in [4.78, 5) is 1.29. The molecule has 0 bridgehead atoms. The number of hydrogen-bond donors (Lipinski definition) is 0. The fourth-order valence-corrected chi connectivity index (χ4v) is 3.54. The monoisotopic (exact) mass is 322 g/mol. The van der Waals surface area contributed by atoms with E-state index in [1.165, 1.54) is 47.2 Å². The lowest BCUT2D eigenvalue weighted by atomic mass is 10.1. The fraction of sp³-hybridized carbons (Fsp3) is 0.692. The predicted molar refractivity (Wildman–Crippen MR) is 78.6 cm³/mol. The molecule has 0 nitrogen and oxygen atoms in total. The van der Waals surface area contributed by atoms with Gasteiger partial charge < -0.3 is 0 Å². The molecular formula is C13H20BrClS. The maximum absolute atomic E-state index is 6.35. The summed E-state index contributed by atoms with van der Waals surface area (Å²) >= 11 is 11.6. The van der Waals surface area contributed by atoms with Gasteiger partial charge >= 0.3 is 0 Å². The Balaban J connectivity index is 2.09. The summed E-state index contributed by atoms with van der Waals surface area (Å²) in [5.41, 5.74) is 0. The fourth-order valence-electron chi connectivity index (χ4n) is 1.74. The van der Waals surface area contributed by atoms with E-state index in [-0.39, 0.29) is 5.38 Å². The molecule has 92 valence electrons. The Kier molecular flexibility index (Phi) is 7.76. The third-order valence-electron chi connectivity index (χ3n) is 2.71. The summed E-state index contributed by atoms with van der Waals surface area (Å²) in [6.07, 6.45) is 9.15. The summed E-state index contributed by atoms with van der Waals surface area (Å²) in [6, 6.07) is 4.21. The van der Waals surface area contributed by atoms with Crippen LogP contribution in [0.5, 0.6) is 0 Å². The number of rotatable bonds is 8. The van der Waals surface area contributed by atoms with E-state index < -0.39 is 0 Å². The molecule has 1 heterocycles. The molecule has 0 spiro atoms. The average Bonchev–Trinajstić information content (AvgIpc) is 2.70. The van der Waals surface area contributed by atoms with Gasteiger partial charge in [0.1, 0.15) is 0 Å². The Morgan fingerprint density at radius 3 is 2.50 bits per heavy atom. The lowest BCUT2D eigenvalue weighted by Crippen LogP contribution is -1.87. The van der Waals surface area contributed by atoms with E-state index in [0.717, 1.165) is 6.42 Å². The van der Waals surface area contributed by atoms with Gasteiger partial charge in [-0.05, 0) is 34.5 Å². The number of thiophene rings is 1. The number of unbranched alkanes of at least 4 members (excludes halogenated alkanes) is 5. The number of halogens is 2. The van der Waals surface area contributed by atoms with Crippen molar-refractivity contribution in [1.82, 2.24) is 0 Å². The van der Waals surface area contributed by atoms with Crippen LogP contribution in [0.15, 0.2) is 15.9 Å². The first-order chi connectivity index (χ1) is 7.74. The van der Waals surface area contributed by atoms with Crippen LogP contribution in [-0.2, 0) is 0 Å². The van der Waals surface area contributed by atoms with Gasteiger partial charge in [0, 0.05) is 4.88 Å². The van der Waals surface area contributed by atoms with Crippen molar-refractivity contribution < 1.29 is 0 Å². The molecule has 16 heavy (non-hydrogen) atoms. The van der Waals surface area contributed by atoms with Crippen LogP contribution in [0.2, 0.25) is 0 Å². The molecule has 0 aliphatic heterocycles. The second-order valence-corrected chi connectivity index (χ2v) is 7.19. The third-order valence-corrected chi connectivity index (χ3v) is 5.03. The Labute approximate surface area is 117 Å². The Bertz CT molecular complexity index is 285. The molecule has 1 aromatic rings.